The Morgan fingerprint density at radius 3 is 2.72 bits per heavy atom. The van der Waals surface area contributed by atoms with E-state index in [9.17, 15) is 18.8 Å². The van der Waals surface area contributed by atoms with Gasteiger partial charge in [-0.2, -0.15) is 0 Å². The fraction of sp³-hybridized carbons (Fsp3) is 0.312. The predicted molar refractivity (Wildman–Crippen MR) is 86.1 cm³/mol. The van der Waals surface area contributed by atoms with Gasteiger partial charge in [-0.05, 0) is 18.2 Å². The summed E-state index contributed by atoms with van der Waals surface area (Å²) < 4.78 is 18.7. The zero-order chi connectivity index (χ0) is 18.6. The Kier molecular flexibility index (Phi) is 5.71. The summed E-state index contributed by atoms with van der Waals surface area (Å²) in [7, 11) is 2.60. The lowest BCUT2D eigenvalue weighted by molar-refractivity contribution is -0.136. The van der Waals surface area contributed by atoms with Crippen LogP contribution in [0.4, 0.5) is 10.1 Å². The Labute approximate surface area is 143 Å². The molecule has 2 rings (SSSR count). The molecule has 2 amide bonds. The maximum atomic E-state index is 14.1. The summed E-state index contributed by atoms with van der Waals surface area (Å²) in [5.41, 5.74) is -0.0695. The van der Waals surface area contributed by atoms with Gasteiger partial charge in [0.1, 0.15) is 11.5 Å². The van der Waals surface area contributed by atoms with E-state index in [-0.39, 0.29) is 42.2 Å². The summed E-state index contributed by atoms with van der Waals surface area (Å²) in [5, 5.41) is 14.0. The van der Waals surface area contributed by atoms with Crippen molar-refractivity contribution in [2.24, 2.45) is 0 Å². The molecule has 3 N–H and O–H groups in total. The van der Waals surface area contributed by atoms with Crippen LogP contribution in [0.3, 0.4) is 0 Å². The van der Waals surface area contributed by atoms with E-state index >= 15 is 0 Å². The van der Waals surface area contributed by atoms with Gasteiger partial charge in [-0.15, -0.1) is 0 Å². The number of halogens is 1. The summed E-state index contributed by atoms with van der Waals surface area (Å²) in [6, 6.07) is 3.61. The molecule has 8 nitrogen and oxygen atoms in total. The molecule has 1 aromatic rings. The number of benzene rings is 1. The maximum Gasteiger partial charge on any atom is 0.337 e. The number of methoxy groups -OCH3 is 1. The van der Waals surface area contributed by atoms with E-state index in [4.69, 9.17) is 5.11 Å². The average Bonchev–Trinajstić information content (AvgIpc) is 2.92. The van der Waals surface area contributed by atoms with Crippen molar-refractivity contribution in [1.82, 2.24) is 10.2 Å². The van der Waals surface area contributed by atoms with Crippen molar-refractivity contribution in [2.75, 3.05) is 39.2 Å². The van der Waals surface area contributed by atoms with E-state index < -0.39 is 23.6 Å². The molecule has 134 valence electrons. The van der Waals surface area contributed by atoms with Crippen molar-refractivity contribution < 1.29 is 28.6 Å². The molecule has 1 aliphatic heterocycles. The van der Waals surface area contributed by atoms with Gasteiger partial charge in [0, 0.05) is 19.2 Å². The number of aliphatic hydroxyl groups is 1. The Hall–Kier alpha value is -2.94. The Morgan fingerprint density at radius 1 is 1.40 bits per heavy atom. The molecule has 0 aromatic heterocycles. The van der Waals surface area contributed by atoms with Crippen molar-refractivity contribution in [3.8, 4) is 0 Å². The molecule has 1 aromatic carbocycles. The first-order chi connectivity index (χ1) is 11.9. The van der Waals surface area contributed by atoms with Crippen LogP contribution in [-0.2, 0) is 14.3 Å². The topological polar surface area (TPSA) is 108 Å². The highest BCUT2D eigenvalue weighted by atomic mass is 19.1. The standard InChI is InChI=1S/C16H18FN3O5/c1-18-14(22)9-3-4-11(17)12(7-9)19-13-10(16(24)25-2)8-20(5-6-21)15(13)23/h3-4,7,19,21H,5-6,8H2,1-2H3,(H,18,22). The molecule has 9 heteroatoms. The van der Waals surface area contributed by atoms with Gasteiger partial charge in [-0.25, -0.2) is 9.18 Å². The number of β-amino-alcohol motifs (C(OH)–C–C–N with tert-alkyl or cyclic N) is 1. The summed E-state index contributed by atoms with van der Waals surface area (Å²) in [4.78, 5) is 37.2. The van der Waals surface area contributed by atoms with Gasteiger partial charge >= 0.3 is 5.97 Å². The number of amides is 2. The number of carbonyl (C=O) groups excluding carboxylic acids is 3. The zero-order valence-electron chi connectivity index (χ0n) is 13.8. The average molecular weight is 351 g/mol. The van der Waals surface area contributed by atoms with Crippen LogP contribution >= 0.6 is 0 Å². The molecular formula is C16H18FN3O5. The molecule has 0 aliphatic carbocycles. The Balaban J connectivity index is 2.39. The fourth-order valence-corrected chi connectivity index (χ4v) is 2.39. The number of ether oxygens (including phenoxy) is 1. The minimum Gasteiger partial charge on any atom is -0.466 e. The third kappa shape index (κ3) is 3.77. The molecule has 1 heterocycles. The number of hydrogen-bond donors (Lipinski definition) is 3. The van der Waals surface area contributed by atoms with Crippen LogP contribution in [-0.4, -0.2) is 61.6 Å². The van der Waals surface area contributed by atoms with Crippen molar-refractivity contribution in [3.05, 3.63) is 40.8 Å². The molecule has 0 saturated heterocycles. The van der Waals surface area contributed by atoms with Gasteiger partial charge in [-0.1, -0.05) is 0 Å². The lowest BCUT2D eigenvalue weighted by Gasteiger charge is -2.15. The SMILES string of the molecule is CNC(=O)c1ccc(F)c(NC2=C(C(=O)OC)CN(CCO)C2=O)c1. The molecular weight excluding hydrogens is 333 g/mol. The van der Waals surface area contributed by atoms with Gasteiger partial charge in [0.15, 0.2) is 0 Å². The quantitative estimate of drug-likeness (QED) is 0.616. The first-order valence-corrected chi connectivity index (χ1v) is 7.43. The largest absolute Gasteiger partial charge is 0.466 e. The van der Waals surface area contributed by atoms with Crippen LogP contribution in [0.2, 0.25) is 0 Å². The second-order valence-electron chi connectivity index (χ2n) is 5.19. The van der Waals surface area contributed by atoms with Crippen molar-refractivity contribution in [3.63, 3.8) is 0 Å². The van der Waals surface area contributed by atoms with Crippen molar-refractivity contribution in [2.45, 2.75) is 0 Å². The number of rotatable bonds is 6. The minimum absolute atomic E-state index is 0.0191. The molecule has 0 bridgehead atoms. The molecule has 0 spiro atoms. The van der Waals surface area contributed by atoms with Gasteiger partial charge in [0.2, 0.25) is 0 Å². The van der Waals surface area contributed by atoms with Crippen LogP contribution in [0.15, 0.2) is 29.5 Å². The number of nitrogens with zero attached hydrogens (tertiary/aromatic N) is 1. The number of aliphatic hydroxyl groups excluding tert-OH is 1. The molecule has 0 atom stereocenters. The van der Waals surface area contributed by atoms with Crippen molar-refractivity contribution in [1.29, 1.82) is 0 Å². The number of carbonyl (C=O) groups is 3. The number of anilines is 1. The number of nitrogens with one attached hydrogen (secondary N) is 2. The minimum atomic E-state index is -0.737. The van der Waals surface area contributed by atoms with Crippen LogP contribution in [0.5, 0.6) is 0 Å². The third-order valence-electron chi connectivity index (χ3n) is 3.67. The summed E-state index contributed by atoms with van der Waals surface area (Å²) >= 11 is 0. The second-order valence-corrected chi connectivity index (χ2v) is 5.19. The first kappa shape index (κ1) is 18.4. The van der Waals surface area contributed by atoms with E-state index in [2.05, 4.69) is 15.4 Å². The van der Waals surface area contributed by atoms with E-state index in [1.54, 1.807) is 0 Å². The number of hydrogen-bond acceptors (Lipinski definition) is 6. The fourth-order valence-electron chi connectivity index (χ4n) is 2.39. The smallest absolute Gasteiger partial charge is 0.337 e. The van der Waals surface area contributed by atoms with Crippen molar-refractivity contribution >= 4 is 23.5 Å². The van der Waals surface area contributed by atoms with E-state index in [0.29, 0.717) is 0 Å². The van der Waals surface area contributed by atoms with Gasteiger partial charge in [0.05, 0.1) is 31.5 Å². The molecule has 0 radical (unpaired) electrons. The third-order valence-corrected chi connectivity index (χ3v) is 3.67. The number of esters is 1. The van der Waals surface area contributed by atoms with Crippen LogP contribution in [0, 0.1) is 5.82 Å². The molecule has 1 aliphatic rings. The molecule has 0 saturated carbocycles. The van der Waals surface area contributed by atoms with E-state index in [0.717, 1.165) is 6.07 Å². The predicted octanol–water partition coefficient (Wildman–Crippen LogP) is -0.141. The van der Waals surface area contributed by atoms with Gasteiger partial charge in [-0.3, -0.25) is 9.59 Å². The summed E-state index contributed by atoms with van der Waals surface area (Å²) in [6.45, 7) is -0.329. The van der Waals surface area contributed by atoms with Crippen LogP contribution in [0.25, 0.3) is 0 Å². The molecule has 25 heavy (non-hydrogen) atoms. The highest BCUT2D eigenvalue weighted by molar-refractivity contribution is 6.08. The highest BCUT2D eigenvalue weighted by Gasteiger charge is 2.34. The van der Waals surface area contributed by atoms with Gasteiger partial charge < -0.3 is 25.4 Å². The Bertz CT molecular complexity index is 747. The second kappa shape index (κ2) is 7.75. The molecule has 0 fully saturated rings. The van der Waals surface area contributed by atoms with Crippen LogP contribution < -0.4 is 10.6 Å². The summed E-state index contributed by atoms with van der Waals surface area (Å²) in [5.74, 6) is -2.43. The van der Waals surface area contributed by atoms with Gasteiger partial charge in [0.25, 0.3) is 11.8 Å². The highest BCUT2D eigenvalue weighted by Crippen LogP contribution is 2.25. The maximum absolute atomic E-state index is 14.1. The monoisotopic (exact) mass is 351 g/mol. The first-order valence-electron chi connectivity index (χ1n) is 7.43. The summed E-state index contributed by atoms with van der Waals surface area (Å²) in [6.07, 6.45) is 0. The normalized spacial score (nSPS) is 13.9. The van der Waals surface area contributed by atoms with E-state index in [1.807, 2.05) is 0 Å². The lowest BCUT2D eigenvalue weighted by Crippen LogP contribution is -2.31. The van der Waals surface area contributed by atoms with Crippen LogP contribution in [0.1, 0.15) is 10.4 Å². The molecule has 0 unspecified atom stereocenters. The lowest BCUT2D eigenvalue weighted by atomic mass is 10.1. The Morgan fingerprint density at radius 2 is 2.12 bits per heavy atom. The van der Waals surface area contributed by atoms with E-state index in [1.165, 1.54) is 31.2 Å². The zero-order valence-corrected chi connectivity index (χ0v) is 13.8.